The number of hydrogen-bond donors (Lipinski definition) is 0. The number of ether oxygens (including phenoxy) is 2. The number of hydrogen-bond acceptors (Lipinski definition) is 4. The van der Waals surface area contributed by atoms with Gasteiger partial charge in [0, 0.05) is 5.56 Å². The molecular formula is C11H12BrF2NO3. The molecule has 0 fully saturated rings. The van der Waals surface area contributed by atoms with E-state index in [2.05, 4.69) is 20.9 Å². The second-order valence-electron chi connectivity index (χ2n) is 3.29. The van der Waals surface area contributed by atoms with E-state index in [0.717, 1.165) is 0 Å². The van der Waals surface area contributed by atoms with E-state index in [1.807, 2.05) is 0 Å². The third kappa shape index (κ3) is 3.38. The summed E-state index contributed by atoms with van der Waals surface area (Å²) in [5.41, 5.74) is -0.254. The maximum absolute atomic E-state index is 13.0. The Morgan fingerprint density at radius 2 is 2.22 bits per heavy atom. The normalized spacial score (nSPS) is 10.6. The largest absolute Gasteiger partial charge is 0.495 e. The van der Waals surface area contributed by atoms with E-state index < -0.39 is 12.4 Å². The molecule has 18 heavy (non-hydrogen) atoms. The number of nitrogens with zero attached hydrogens (tertiary/aromatic N) is 1. The predicted octanol–water partition coefficient (Wildman–Crippen LogP) is 2.90. The first-order chi connectivity index (χ1) is 8.51. The third-order valence-corrected chi connectivity index (χ3v) is 2.88. The second-order valence-corrected chi connectivity index (χ2v) is 4.04. The summed E-state index contributed by atoms with van der Waals surface area (Å²) in [4.78, 5) is 15.2. The Bertz CT molecular complexity index is 441. The predicted molar refractivity (Wildman–Crippen MR) is 63.8 cm³/mol. The topological polar surface area (TPSA) is 48.4 Å². The number of rotatable bonds is 5. The van der Waals surface area contributed by atoms with Gasteiger partial charge in [-0.3, -0.25) is 4.79 Å². The quantitative estimate of drug-likeness (QED) is 0.617. The van der Waals surface area contributed by atoms with Crippen LogP contribution in [0.3, 0.4) is 0 Å². The van der Waals surface area contributed by atoms with Crippen LogP contribution in [0.2, 0.25) is 0 Å². The molecule has 0 aliphatic heterocycles. The maximum atomic E-state index is 13.0. The highest BCUT2D eigenvalue weighted by molar-refractivity contribution is 9.10. The number of methoxy groups -OCH3 is 1. The summed E-state index contributed by atoms with van der Waals surface area (Å²) in [6.07, 6.45) is -1.86. The van der Waals surface area contributed by atoms with Crippen LogP contribution >= 0.6 is 15.9 Å². The number of carbonyl (C=O) groups is 1. The number of carbonyl (C=O) groups excluding carboxylic acids is 1. The van der Waals surface area contributed by atoms with Gasteiger partial charge in [-0.1, -0.05) is 0 Å². The minimum absolute atomic E-state index is 0.0486. The molecule has 0 unspecified atom stereocenters. The van der Waals surface area contributed by atoms with Gasteiger partial charge < -0.3 is 9.47 Å². The van der Waals surface area contributed by atoms with Gasteiger partial charge in [0.2, 0.25) is 0 Å². The van der Waals surface area contributed by atoms with Gasteiger partial charge in [0.1, 0.15) is 10.4 Å². The van der Waals surface area contributed by atoms with Gasteiger partial charge in [-0.05, 0) is 22.9 Å². The van der Waals surface area contributed by atoms with Crippen molar-refractivity contribution in [2.24, 2.45) is 0 Å². The van der Waals surface area contributed by atoms with Crippen LogP contribution in [-0.2, 0) is 16.0 Å². The van der Waals surface area contributed by atoms with E-state index in [-0.39, 0.29) is 34.5 Å². The molecule has 1 aromatic heterocycles. The molecule has 0 amide bonds. The van der Waals surface area contributed by atoms with Crippen LogP contribution < -0.4 is 4.74 Å². The monoisotopic (exact) mass is 323 g/mol. The lowest BCUT2D eigenvalue weighted by atomic mass is 10.1. The summed E-state index contributed by atoms with van der Waals surface area (Å²) in [6.45, 7) is 1.84. The maximum Gasteiger partial charge on any atom is 0.310 e. The van der Waals surface area contributed by atoms with Gasteiger partial charge in [0.05, 0.1) is 31.9 Å². The molecule has 0 saturated heterocycles. The van der Waals surface area contributed by atoms with Crippen LogP contribution in [0.1, 0.15) is 24.5 Å². The standard InChI is InChI=1S/C11H12BrF2NO3/c1-3-18-8(16)4-6-9(11(13)14)7(17-2)5-15-10(6)12/h5,11H,3-4H2,1-2H3. The van der Waals surface area contributed by atoms with Crippen LogP contribution in [0, 0.1) is 0 Å². The lowest BCUT2D eigenvalue weighted by Crippen LogP contribution is -2.11. The number of pyridine rings is 1. The van der Waals surface area contributed by atoms with Crippen LogP contribution in [-0.4, -0.2) is 24.7 Å². The Hall–Kier alpha value is -1.24. The molecule has 0 saturated carbocycles. The van der Waals surface area contributed by atoms with Crippen LogP contribution in [0.4, 0.5) is 8.78 Å². The first-order valence-electron chi connectivity index (χ1n) is 5.16. The molecule has 0 bridgehead atoms. The van der Waals surface area contributed by atoms with Crippen LogP contribution in [0.25, 0.3) is 0 Å². The summed E-state index contributed by atoms with van der Waals surface area (Å²) in [5, 5.41) is 0. The van der Waals surface area contributed by atoms with Gasteiger partial charge in [-0.15, -0.1) is 0 Å². The molecule has 0 aliphatic rings. The number of halogens is 3. The third-order valence-electron chi connectivity index (χ3n) is 2.20. The lowest BCUT2D eigenvalue weighted by molar-refractivity contribution is -0.142. The van der Waals surface area contributed by atoms with Crippen molar-refractivity contribution in [2.45, 2.75) is 19.8 Å². The Labute approximate surface area is 111 Å². The SMILES string of the molecule is CCOC(=O)Cc1c(Br)ncc(OC)c1C(F)F. The second kappa shape index (κ2) is 6.63. The van der Waals surface area contributed by atoms with Crippen molar-refractivity contribution in [3.05, 3.63) is 21.9 Å². The fourth-order valence-electron chi connectivity index (χ4n) is 1.45. The average molecular weight is 324 g/mol. The van der Waals surface area contributed by atoms with E-state index in [0.29, 0.717) is 0 Å². The van der Waals surface area contributed by atoms with Crippen molar-refractivity contribution in [3.8, 4) is 5.75 Å². The molecule has 0 atom stereocenters. The first-order valence-corrected chi connectivity index (χ1v) is 5.95. The van der Waals surface area contributed by atoms with Gasteiger partial charge >= 0.3 is 5.97 Å². The van der Waals surface area contributed by atoms with Crippen molar-refractivity contribution in [2.75, 3.05) is 13.7 Å². The molecule has 4 nitrogen and oxygen atoms in total. The lowest BCUT2D eigenvalue weighted by Gasteiger charge is -2.13. The highest BCUT2D eigenvalue weighted by Crippen LogP contribution is 2.35. The minimum Gasteiger partial charge on any atom is -0.495 e. The summed E-state index contributed by atoms with van der Waals surface area (Å²) < 4.78 is 35.8. The molecule has 1 heterocycles. The van der Waals surface area contributed by atoms with Gasteiger partial charge in [0.25, 0.3) is 6.43 Å². The number of aromatic nitrogens is 1. The zero-order valence-electron chi connectivity index (χ0n) is 9.87. The minimum atomic E-state index is -2.76. The molecule has 0 N–H and O–H groups in total. The summed E-state index contributed by atoms with van der Waals surface area (Å²) in [7, 11) is 1.27. The molecule has 100 valence electrons. The molecule has 0 spiro atoms. The van der Waals surface area contributed by atoms with E-state index in [4.69, 9.17) is 9.47 Å². The highest BCUT2D eigenvalue weighted by atomic mass is 79.9. The molecule has 1 rings (SSSR count). The van der Waals surface area contributed by atoms with E-state index in [1.165, 1.54) is 13.3 Å². The van der Waals surface area contributed by atoms with E-state index in [1.54, 1.807) is 6.92 Å². The van der Waals surface area contributed by atoms with Gasteiger partial charge in [-0.25, -0.2) is 13.8 Å². The summed E-state index contributed by atoms with van der Waals surface area (Å²) in [6, 6.07) is 0. The van der Waals surface area contributed by atoms with Crippen LogP contribution in [0.5, 0.6) is 5.75 Å². The Kier molecular flexibility index (Phi) is 5.46. The zero-order chi connectivity index (χ0) is 13.7. The van der Waals surface area contributed by atoms with E-state index >= 15 is 0 Å². The number of esters is 1. The van der Waals surface area contributed by atoms with Gasteiger partial charge in [0.15, 0.2) is 0 Å². The van der Waals surface area contributed by atoms with Crippen molar-refractivity contribution in [3.63, 3.8) is 0 Å². The zero-order valence-corrected chi connectivity index (χ0v) is 11.5. The summed E-state index contributed by atoms with van der Waals surface area (Å²) in [5.74, 6) is -0.636. The Morgan fingerprint density at radius 1 is 1.56 bits per heavy atom. The highest BCUT2D eigenvalue weighted by Gasteiger charge is 2.24. The van der Waals surface area contributed by atoms with Crippen molar-refractivity contribution in [1.29, 1.82) is 0 Å². The average Bonchev–Trinajstić information content (AvgIpc) is 2.31. The summed E-state index contributed by atoms with van der Waals surface area (Å²) >= 11 is 3.05. The fourth-order valence-corrected chi connectivity index (χ4v) is 1.91. The van der Waals surface area contributed by atoms with Gasteiger partial charge in [-0.2, -0.15) is 0 Å². The van der Waals surface area contributed by atoms with Crippen molar-refractivity contribution < 1.29 is 23.0 Å². The molecule has 7 heteroatoms. The Morgan fingerprint density at radius 3 is 2.72 bits per heavy atom. The molecular weight excluding hydrogens is 312 g/mol. The Balaban J connectivity index is 3.18. The van der Waals surface area contributed by atoms with Crippen molar-refractivity contribution in [1.82, 2.24) is 4.98 Å². The number of alkyl halides is 2. The van der Waals surface area contributed by atoms with Crippen LogP contribution in [0.15, 0.2) is 10.8 Å². The fraction of sp³-hybridized carbons (Fsp3) is 0.455. The molecule has 0 aromatic carbocycles. The van der Waals surface area contributed by atoms with Crippen molar-refractivity contribution >= 4 is 21.9 Å². The smallest absolute Gasteiger partial charge is 0.310 e. The molecule has 1 aromatic rings. The molecule has 0 radical (unpaired) electrons. The van der Waals surface area contributed by atoms with E-state index in [9.17, 15) is 13.6 Å². The molecule has 0 aliphatic carbocycles. The first kappa shape index (κ1) is 14.8.